The maximum Gasteiger partial charge on any atom is 0.251 e. The molecule has 0 spiro atoms. The molecule has 0 aliphatic heterocycles. The van der Waals surface area contributed by atoms with Crippen LogP contribution >= 0.6 is 24.0 Å². The molecule has 30 heavy (non-hydrogen) atoms. The van der Waals surface area contributed by atoms with Crippen molar-refractivity contribution in [1.82, 2.24) is 16.0 Å². The fourth-order valence-electron chi connectivity index (χ4n) is 2.72. The summed E-state index contributed by atoms with van der Waals surface area (Å²) in [7, 11) is 5.02. The van der Waals surface area contributed by atoms with Crippen LogP contribution in [0.4, 0.5) is 0 Å². The van der Waals surface area contributed by atoms with Crippen molar-refractivity contribution >= 4 is 35.8 Å². The average molecular weight is 526 g/mol. The Balaban J connectivity index is 0.00000450. The average Bonchev–Trinajstić information content (AvgIpc) is 2.77. The zero-order valence-electron chi connectivity index (χ0n) is 17.7. The summed E-state index contributed by atoms with van der Waals surface area (Å²) in [5.41, 5.74) is 1.77. The van der Waals surface area contributed by atoms with Crippen molar-refractivity contribution in [2.24, 2.45) is 4.99 Å². The molecule has 0 saturated carbocycles. The number of hydrogen-bond donors (Lipinski definition) is 3. The quantitative estimate of drug-likeness (QED) is 0.192. The van der Waals surface area contributed by atoms with E-state index in [1.807, 2.05) is 48.5 Å². The molecular formula is C22H31IN4O3. The third kappa shape index (κ3) is 8.89. The van der Waals surface area contributed by atoms with Gasteiger partial charge in [-0.3, -0.25) is 9.79 Å². The van der Waals surface area contributed by atoms with E-state index < -0.39 is 0 Å². The van der Waals surface area contributed by atoms with Crippen LogP contribution in [-0.4, -0.2) is 52.8 Å². The molecule has 1 amide bonds. The SMILES string of the molecule is CN=C(NCCCOc1cccc(OC)c1)NCCc1cccc(C(=O)NC)c1.I. The topological polar surface area (TPSA) is 84.0 Å². The van der Waals surface area contributed by atoms with E-state index in [9.17, 15) is 4.79 Å². The Hall–Kier alpha value is -2.49. The first-order valence-corrected chi connectivity index (χ1v) is 9.68. The van der Waals surface area contributed by atoms with Gasteiger partial charge in [-0.2, -0.15) is 0 Å². The molecule has 3 N–H and O–H groups in total. The molecule has 8 heteroatoms. The number of hydrogen-bond acceptors (Lipinski definition) is 4. The molecule has 7 nitrogen and oxygen atoms in total. The van der Waals surface area contributed by atoms with E-state index >= 15 is 0 Å². The van der Waals surface area contributed by atoms with Crippen LogP contribution in [0.15, 0.2) is 53.5 Å². The van der Waals surface area contributed by atoms with Crippen LogP contribution in [0, 0.1) is 0 Å². The fourth-order valence-corrected chi connectivity index (χ4v) is 2.72. The van der Waals surface area contributed by atoms with E-state index in [0.717, 1.165) is 49.0 Å². The van der Waals surface area contributed by atoms with E-state index in [4.69, 9.17) is 9.47 Å². The molecule has 0 aliphatic rings. The molecule has 0 saturated heterocycles. The number of aliphatic imine (C=N–C) groups is 1. The first kappa shape index (κ1) is 25.5. The smallest absolute Gasteiger partial charge is 0.251 e. The number of nitrogens with one attached hydrogen (secondary N) is 3. The highest BCUT2D eigenvalue weighted by molar-refractivity contribution is 14.0. The second kappa shape index (κ2) is 14.5. The van der Waals surface area contributed by atoms with Gasteiger partial charge in [-0.05, 0) is 42.7 Å². The maximum absolute atomic E-state index is 11.7. The Morgan fingerprint density at radius 2 is 1.77 bits per heavy atom. The van der Waals surface area contributed by atoms with Crippen LogP contribution in [0.2, 0.25) is 0 Å². The van der Waals surface area contributed by atoms with Gasteiger partial charge in [0.25, 0.3) is 5.91 Å². The van der Waals surface area contributed by atoms with Crippen LogP contribution in [0.3, 0.4) is 0 Å². The van der Waals surface area contributed by atoms with Gasteiger partial charge in [0, 0.05) is 38.8 Å². The number of carbonyl (C=O) groups is 1. The number of methoxy groups -OCH3 is 1. The molecular weight excluding hydrogens is 495 g/mol. The minimum absolute atomic E-state index is 0. The Morgan fingerprint density at radius 3 is 2.50 bits per heavy atom. The van der Waals surface area contributed by atoms with Crippen LogP contribution in [0.1, 0.15) is 22.3 Å². The minimum Gasteiger partial charge on any atom is -0.497 e. The van der Waals surface area contributed by atoms with E-state index in [0.29, 0.717) is 12.2 Å². The molecule has 2 aromatic carbocycles. The third-order valence-electron chi connectivity index (χ3n) is 4.27. The van der Waals surface area contributed by atoms with E-state index in [-0.39, 0.29) is 29.9 Å². The molecule has 0 heterocycles. The summed E-state index contributed by atoms with van der Waals surface area (Å²) in [4.78, 5) is 15.9. The largest absolute Gasteiger partial charge is 0.497 e. The molecule has 0 radical (unpaired) electrons. The van der Waals surface area contributed by atoms with Crippen LogP contribution < -0.4 is 25.4 Å². The maximum atomic E-state index is 11.7. The number of carbonyl (C=O) groups excluding carboxylic acids is 1. The second-order valence-corrected chi connectivity index (χ2v) is 6.34. The molecule has 0 aliphatic carbocycles. The third-order valence-corrected chi connectivity index (χ3v) is 4.27. The van der Waals surface area contributed by atoms with E-state index in [1.165, 1.54) is 0 Å². The summed E-state index contributed by atoms with van der Waals surface area (Å²) in [6.45, 7) is 2.07. The highest BCUT2D eigenvalue weighted by Gasteiger charge is 2.04. The molecule has 0 fully saturated rings. The Morgan fingerprint density at radius 1 is 1.03 bits per heavy atom. The lowest BCUT2D eigenvalue weighted by atomic mass is 10.1. The van der Waals surface area contributed by atoms with Gasteiger partial charge in [0.05, 0.1) is 13.7 Å². The Labute approximate surface area is 195 Å². The van der Waals surface area contributed by atoms with Crippen molar-refractivity contribution in [2.45, 2.75) is 12.8 Å². The first-order chi connectivity index (χ1) is 14.2. The van der Waals surface area contributed by atoms with Gasteiger partial charge in [-0.15, -0.1) is 24.0 Å². The zero-order valence-corrected chi connectivity index (χ0v) is 20.1. The summed E-state index contributed by atoms with van der Waals surface area (Å²) < 4.78 is 10.9. The van der Waals surface area contributed by atoms with Crippen molar-refractivity contribution in [2.75, 3.05) is 40.9 Å². The Kier molecular flexibility index (Phi) is 12.3. The molecule has 0 aromatic heterocycles. The van der Waals surface area contributed by atoms with Crippen LogP contribution in [0.5, 0.6) is 11.5 Å². The summed E-state index contributed by atoms with van der Waals surface area (Å²) in [6.07, 6.45) is 1.64. The lowest BCUT2D eigenvalue weighted by Gasteiger charge is -2.13. The predicted octanol–water partition coefficient (Wildman–Crippen LogP) is 2.85. The van der Waals surface area contributed by atoms with Gasteiger partial charge in [-0.1, -0.05) is 18.2 Å². The number of amides is 1. The first-order valence-electron chi connectivity index (χ1n) is 9.68. The minimum atomic E-state index is -0.0755. The molecule has 2 rings (SSSR count). The Bertz CT molecular complexity index is 814. The monoisotopic (exact) mass is 526 g/mol. The van der Waals surface area contributed by atoms with Gasteiger partial charge in [0.2, 0.25) is 0 Å². The number of guanidine groups is 1. The van der Waals surface area contributed by atoms with Crippen LogP contribution in [-0.2, 0) is 6.42 Å². The van der Waals surface area contributed by atoms with Gasteiger partial charge >= 0.3 is 0 Å². The normalized spacial score (nSPS) is 10.6. The predicted molar refractivity (Wildman–Crippen MR) is 131 cm³/mol. The van der Waals surface area contributed by atoms with Gasteiger partial charge < -0.3 is 25.4 Å². The van der Waals surface area contributed by atoms with Crippen molar-refractivity contribution in [3.05, 3.63) is 59.7 Å². The lowest BCUT2D eigenvalue weighted by molar-refractivity contribution is 0.0963. The van der Waals surface area contributed by atoms with Crippen LogP contribution in [0.25, 0.3) is 0 Å². The molecule has 0 unspecified atom stereocenters. The standard InChI is InChI=1S/C22H30N4O3.HI/c1-23-21(27)18-8-4-7-17(15-18)11-13-26-22(24-2)25-12-6-14-29-20-10-5-9-19(16-20)28-3;/h4-5,7-10,15-16H,6,11-14H2,1-3H3,(H,23,27)(H2,24,25,26);1H. The van der Waals surface area contributed by atoms with Gasteiger partial charge in [0.15, 0.2) is 5.96 Å². The highest BCUT2D eigenvalue weighted by Crippen LogP contribution is 2.18. The fraction of sp³-hybridized carbons (Fsp3) is 0.364. The highest BCUT2D eigenvalue weighted by atomic mass is 127. The summed E-state index contributed by atoms with van der Waals surface area (Å²) in [5, 5.41) is 9.20. The van der Waals surface area contributed by atoms with Crippen molar-refractivity contribution < 1.29 is 14.3 Å². The number of ether oxygens (including phenoxy) is 2. The zero-order chi connectivity index (χ0) is 20.9. The lowest BCUT2D eigenvalue weighted by Crippen LogP contribution is -2.39. The summed E-state index contributed by atoms with van der Waals surface area (Å²) >= 11 is 0. The van der Waals surface area contributed by atoms with E-state index in [2.05, 4.69) is 20.9 Å². The van der Waals surface area contributed by atoms with Crippen molar-refractivity contribution in [3.63, 3.8) is 0 Å². The summed E-state index contributed by atoms with van der Waals surface area (Å²) in [6, 6.07) is 15.2. The van der Waals surface area contributed by atoms with Gasteiger partial charge in [0.1, 0.15) is 11.5 Å². The van der Waals surface area contributed by atoms with E-state index in [1.54, 1.807) is 21.2 Å². The molecule has 164 valence electrons. The van der Waals surface area contributed by atoms with Crippen molar-refractivity contribution in [3.8, 4) is 11.5 Å². The van der Waals surface area contributed by atoms with Gasteiger partial charge in [-0.25, -0.2) is 0 Å². The molecule has 0 bridgehead atoms. The number of benzene rings is 2. The number of rotatable bonds is 10. The number of nitrogens with zero attached hydrogens (tertiary/aromatic N) is 1. The second-order valence-electron chi connectivity index (χ2n) is 6.34. The van der Waals surface area contributed by atoms with Crippen molar-refractivity contribution in [1.29, 1.82) is 0 Å². The summed E-state index contributed by atoms with van der Waals surface area (Å²) in [5.74, 6) is 2.25. The molecule has 2 aromatic rings. The number of halogens is 1. The molecule has 0 atom stereocenters.